The summed E-state index contributed by atoms with van der Waals surface area (Å²) in [4.78, 5) is 57.5. The summed E-state index contributed by atoms with van der Waals surface area (Å²) in [6.07, 6.45) is 0.232. The molecule has 1 fully saturated rings. The van der Waals surface area contributed by atoms with Crippen molar-refractivity contribution in [2.45, 2.75) is 30.9 Å². The van der Waals surface area contributed by atoms with Gasteiger partial charge in [-0.2, -0.15) is 0 Å². The lowest BCUT2D eigenvalue weighted by molar-refractivity contribution is -0.168. The molecule has 196 valence electrons. The summed E-state index contributed by atoms with van der Waals surface area (Å²) in [5.74, 6) is -7.37. The topological polar surface area (TPSA) is 190 Å². The van der Waals surface area contributed by atoms with Crippen molar-refractivity contribution >= 4 is 40.0 Å². The van der Waals surface area contributed by atoms with Crippen molar-refractivity contribution in [3.8, 4) is 0 Å². The summed E-state index contributed by atoms with van der Waals surface area (Å²) in [7, 11) is 6.75. The summed E-state index contributed by atoms with van der Waals surface area (Å²) in [5, 5.41) is 34.3. The molecule has 2 aromatic rings. The molecule has 1 heterocycles. The van der Waals surface area contributed by atoms with Crippen LogP contribution >= 0.6 is 0 Å². The maximum Gasteiger partial charge on any atom is 0.417 e. The third kappa shape index (κ3) is 2.90. The lowest BCUT2D eigenvalue weighted by Crippen LogP contribution is -2.71. The number of likely N-dealkylation sites (N-methyl/N-ethyl adjacent to an activating group) is 1. The lowest BCUT2D eigenvalue weighted by Gasteiger charge is -2.55. The number of benzene rings is 1. The van der Waals surface area contributed by atoms with Crippen LogP contribution in [0, 0.1) is 11.8 Å². The van der Waals surface area contributed by atoms with E-state index in [0.29, 0.717) is 16.8 Å². The number of aromatic nitrogens is 1. The average Bonchev–Trinajstić information content (AvgIpc) is 3.18. The Morgan fingerprint density at radius 1 is 1.16 bits per heavy atom. The fourth-order valence-corrected chi connectivity index (χ4v) is 6.33. The number of aliphatic hydroxyl groups excluding tert-OH is 2. The molecule has 37 heavy (non-hydrogen) atoms. The number of ketones is 2. The van der Waals surface area contributed by atoms with Gasteiger partial charge in [0.05, 0.1) is 16.6 Å². The van der Waals surface area contributed by atoms with Crippen LogP contribution in [0.1, 0.15) is 24.5 Å². The summed E-state index contributed by atoms with van der Waals surface area (Å²) in [6, 6.07) is 1.71. The van der Waals surface area contributed by atoms with Crippen LogP contribution in [0.3, 0.4) is 0 Å². The zero-order valence-electron chi connectivity index (χ0n) is 21.0. The van der Waals surface area contributed by atoms with Gasteiger partial charge in [-0.25, -0.2) is 4.79 Å². The van der Waals surface area contributed by atoms with Crippen molar-refractivity contribution < 1.29 is 34.1 Å². The Balaban J connectivity index is 1.82. The van der Waals surface area contributed by atoms with Gasteiger partial charge in [-0.3, -0.25) is 24.3 Å². The van der Waals surface area contributed by atoms with Crippen molar-refractivity contribution in [1.29, 1.82) is 0 Å². The first kappa shape index (κ1) is 24.8. The van der Waals surface area contributed by atoms with Crippen molar-refractivity contribution in [3.63, 3.8) is 0 Å². The van der Waals surface area contributed by atoms with Crippen molar-refractivity contribution in [2.75, 3.05) is 33.1 Å². The van der Waals surface area contributed by atoms with E-state index in [9.17, 15) is 34.5 Å². The van der Waals surface area contributed by atoms with Gasteiger partial charge in [-0.05, 0) is 51.4 Å². The van der Waals surface area contributed by atoms with Gasteiger partial charge in [-0.1, -0.05) is 0 Å². The molecule has 0 spiro atoms. The molecular weight excluding hydrogens is 484 g/mol. The van der Waals surface area contributed by atoms with E-state index in [1.165, 1.54) is 11.8 Å². The zero-order chi connectivity index (χ0) is 27.4. The smallest absolute Gasteiger partial charge is 0.417 e. The minimum Gasteiger partial charge on any atom is -0.509 e. The second kappa shape index (κ2) is 7.56. The van der Waals surface area contributed by atoms with Crippen molar-refractivity contribution in [2.24, 2.45) is 17.6 Å². The number of Topliss-reactive ketones (excluding diaryl/α,β-unsaturated/α-hetero) is 2. The number of carbonyl (C=O) groups excluding carboxylic acids is 3. The molecule has 1 aromatic carbocycles. The third-order valence-electron chi connectivity index (χ3n) is 8.39. The number of nitrogens with one attached hydrogen (secondary N) is 1. The first-order valence-corrected chi connectivity index (χ1v) is 11.7. The Morgan fingerprint density at radius 3 is 2.38 bits per heavy atom. The number of aromatic amines is 1. The number of nitrogens with zero attached hydrogens (tertiary/aromatic N) is 2. The molecule has 6 N–H and O–H groups in total. The van der Waals surface area contributed by atoms with Crippen LogP contribution in [0.2, 0.25) is 0 Å². The molecule has 5 rings (SSSR count). The van der Waals surface area contributed by atoms with Gasteiger partial charge in [-0.15, -0.1) is 0 Å². The summed E-state index contributed by atoms with van der Waals surface area (Å²) >= 11 is 0. The maximum atomic E-state index is 14.0. The predicted molar refractivity (Wildman–Crippen MR) is 132 cm³/mol. The van der Waals surface area contributed by atoms with Gasteiger partial charge < -0.3 is 30.4 Å². The number of nitrogens with two attached hydrogens (primary N) is 1. The van der Waals surface area contributed by atoms with E-state index in [1.54, 1.807) is 39.2 Å². The molecule has 1 amide bonds. The number of fused-ring (bicyclic) bond motifs is 5. The van der Waals surface area contributed by atoms with Crippen LogP contribution in [-0.2, 0) is 20.8 Å². The largest absolute Gasteiger partial charge is 0.509 e. The summed E-state index contributed by atoms with van der Waals surface area (Å²) in [5.41, 5.74) is 1.82. The highest BCUT2D eigenvalue weighted by molar-refractivity contribution is 6.33. The van der Waals surface area contributed by atoms with E-state index >= 15 is 0 Å². The molecule has 0 radical (unpaired) electrons. The van der Waals surface area contributed by atoms with E-state index in [2.05, 4.69) is 4.98 Å². The Bertz CT molecular complexity index is 1540. The Labute approximate surface area is 210 Å². The number of hydrogen-bond acceptors (Lipinski definition) is 10. The van der Waals surface area contributed by atoms with E-state index < -0.39 is 63.3 Å². The summed E-state index contributed by atoms with van der Waals surface area (Å²) < 4.78 is 5.29. The van der Waals surface area contributed by atoms with Crippen molar-refractivity contribution in [1.82, 2.24) is 9.88 Å². The van der Waals surface area contributed by atoms with E-state index in [1.807, 2.05) is 0 Å². The number of H-pyrrole nitrogens is 1. The molecule has 0 aliphatic heterocycles. The number of oxazole rings is 1. The molecule has 1 unspecified atom stereocenters. The number of anilines is 1. The Kier molecular flexibility index (Phi) is 5.06. The molecule has 0 saturated heterocycles. The molecular formula is C25H28N4O8. The molecule has 12 nitrogen and oxygen atoms in total. The zero-order valence-corrected chi connectivity index (χ0v) is 21.0. The second-order valence-corrected chi connectivity index (χ2v) is 10.5. The first-order valence-electron chi connectivity index (χ1n) is 11.7. The molecule has 0 bridgehead atoms. The average molecular weight is 513 g/mol. The van der Waals surface area contributed by atoms with Gasteiger partial charge in [0.15, 0.2) is 11.2 Å². The molecule has 1 aromatic heterocycles. The first-order chi connectivity index (χ1) is 17.2. The second-order valence-electron chi connectivity index (χ2n) is 10.5. The normalized spacial score (nSPS) is 29.5. The van der Waals surface area contributed by atoms with Gasteiger partial charge in [0.1, 0.15) is 17.1 Å². The number of hydrogen-bond donors (Lipinski definition) is 5. The van der Waals surface area contributed by atoms with Crippen LogP contribution in [0.25, 0.3) is 16.9 Å². The monoisotopic (exact) mass is 512 g/mol. The Morgan fingerprint density at radius 2 is 1.81 bits per heavy atom. The predicted octanol–water partition coefficient (Wildman–Crippen LogP) is 0.149. The van der Waals surface area contributed by atoms with E-state index in [4.69, 9.17) is 10.2 Å². The molecule has 3 aliphatic rings. The third-order valence-corrected chi connectivity index (χ3v) is 8.39. The van der Waals surface area contributed by atoms with Gasteiger partial charge in [0, 0.05) is 31.3 Å². The lowest BCUT2D eigenvalue weighted by atomic mass is 9.53. The highest BCUT2D eigenvalue weighted by Gasteiger charge is 2.68. The van der Waals surface area contributed by atoms with E-state index in [-0.39, 0.29) is 29.6 Å². The highest BCUT2D eigenvalue weighted by atomic mass is 16.4. The van der Waals surface area contributed by atoms with Crippen LogP contribution < -0.4 is 16.4 Å². The van der Waals surface area contributed by atoms with Gasteiger partial charge in [0.25, 0.3) is 5.91 Å². The molecule has 4 atom stereocenters. The minimum atomic E-state index is -2.77. The molecule has 12 heteroatoms. The van der Waals surface area contributed by atoms with Crippen LogP contribution in [0.5, 0.6) is 0 Å². The van der Waals surface area contributed by atoms with Crippen LogP contribution in [-0.4, -0.2) is 82.0 Å². The number of primary amides is 1. The standard InChI is InChI=1S/C25H28N4O8/c1-24(29(4)5)13-7-9-6-10-12(28(2)3)8-11-18(37-23(35)27-11)15(10)17(30)14(9)20(32)25(13,36)21(33)16(19(24)31)22(26)34/h8-9,13,30-31,36H,6-7H2,1-5H3,(H2,26,34)(H,27,35)/t9-,13-,24?,25-/m0/s1. The maximum absolute atomic E-state index is 14.0. The number of amides is 1. The van der Waals surface area contributed by atoms with Crippen molar-refractivity contribution in [3.05, 3.63) is 44.6 Å². The fourth-order valence-electron chi connectivity index (χ4n) is 6.33. The fraction of sp³-hybridized carbons (Fsp3) is 0.440. The SMILES string of the molecule is CN(C)c1cc2[nH]c(=O)oc2c2c1C[C@H]1C[C@H]3C(C)(N(C)C)C(O)=C(C(N)=O)C(=O)[C@@]3(O)C(=O)C1=C2O. The quantitative estimate of drug-likeness (QED) is 0.279. The van der Waals surface area contributed by atoms with Crippen LogP contribution in [0.15, 0.2) is 32.2 Å². The van der Waals surface area contributed by atoms with Crippen LogP contribution in [0.4, 0.5) is 5.69 Å². The van der Waals surface area contributed by atoms with E-state index in [0.717, 1.165) is 0 Å². The number of carbonyl (C=O) groups is 3. The minimum absolute atomic E-state index is 0.0135. The van der Waals surface area contributed by atoms with Gasteiger partial charge >= 0.3 is 5.76 Å². The highest BCUT2D eigenvalue weighted by Crippen LogP contribution is 2.55. The number of rotatable bonds is 3. The van der Waals surface area contributed by atoms with Gasteiger partial charge in [0.2, 0.25) is 11.6 Å². The summed E-state index contributed by atoms with van der Waals surface area (Å²) in [6.45, 7) is 1.52. The molecule has 1 saturated carbocycles. The molecule has 3 aliphatic carbocycles. The number of aliphatic hydroxyl groups is 3. The Hall–Kier alpha value is -3.90.